The predicted octanol–water partition coefficient (Wildman–Crippen LogP) is 4.02. The molecule has 0 aliphatic carbocycles. The summed E-state index contributed by atoms with van der Waals surface area (Å²) < 4.78 is 7.23. The largest absolute Gasteiger partial charge is 0.383 e. The van der Waals surface area contributed by atoms with Gasteiger partial charge < -0.3 is 19.6 Å². The van der Waals surface area contributed by atoms with Crippen LogP contribution in [0.3, 0.4) is 0 Å². The summed E-state index contributed by atoms with van der Waals surface area (Å²) in [4.78, 5) is 16.0. The van der Waals surface area contributed by atoms with Crippen LogP contribution in [-0.2, 0) is 11.3 Å². The highest BCUT2D eigenvalue weighted by Crippen LogP contribution is 2.23. The SMILES string of the molecule is COCCn1cc(C(=O)Nc2ccc3cc[nH]c3c2)c2ccccc21. The number of para-hydroxylation sites is 1. The zero-order chi connectivity index (χ0) is 17.2. The van der Waals surface area contributed by atoms with Crippen LogP contribution in [0.2, 0.25) is 0 Å². The van der Waals surface area contributed by atoms with Gasteiger partial charge in [-0.1, -0.05) is 24.3 Å². The highest BCUT2D eigenvalue weighted by molar-refractivity contribution is 6.13. The van der Waals surface area contributed by atoms with Crippen LogP contribution in [0, 0.1) is 0 Å². The van der Waals surface area contributed by atoms with E-state index in [4.69, 9.17) is 4.74 Å². The van der Waals surface area contributed by atoms with E-state index in [1.807, 2.05) is 60.9 Å². The molecule has 0 atom stereocenters. The maximum absolute atomic E-state index is 12.8. The van der Waals surface area contributed by atoms with Crippen molar-refractivity contribution in [2.24, 2.45) is 0 Å². The standard InChI is InChI=1S/C20H19N3O2/c1-25-11-10-23-13-17(16-4-2-3-5-19(16)23)20(24)22-15-7-6-14-8-9-21-18(14)12-15/h2-9,12-13,21H,10-11H2,1H3,(H,22,24). The smallest absolute Gasteiger partial charge is 0.257 e. The van der Waals surface area contributed by atoms with Crippen LogP contribution in [-0.4, -0.2) is 29.2 Å². The summed E-state index contributed by atoms with van der Waals surface area (Å²) in [6.07, 6.45) is 3.78. The van der Waals surface area contributed by atoms with Gasteiger partial charge in [-0.05, 0) is 29.7 Å². The van der Waals surface area contributed by atoms with Crippen LogP contribution < -0.4 is 5.32 Å². The number of amides is 1. The van der Waals surface area contributed by atoms with Gasteiger partial charge in [0.2, 0.25) is 0 Å². The zero-order valence-corrected chi connectivity index (χ0v) is 14.0. The van der Waals surface area contributed by atoms with Gasteiger partial charge in [-0.2, -0.15) is 0 Å². The maximum Gasteiger partial charge on any atom is 0.257 e. The Labute approximate surface area is 145 Å². The summed E-state index contributed by atoms with van der Waals surface area (Å²) in [7, 11) is 1.68. The molecule has 0 spiro atoms. The van der Waals surface area contributed by atoms with Gasteiger partial charge >= 0.3 is 0 Å². The first kappa shape index (κ1) is 15.5. The van der Waals surface area contributed by atoms with Crippen molar-refractivity contribution < 1.29 is 9.53 Å². The van der Waals surface area contributed by atoms with Crippen molar-refractivity contribution in [3.63, 3.8) is 0 Å². The molecule has 0 fully saturated rings. The number of aromatic amines is 1. The van der Waals surface area contributed by atoms with E-state index in [0.717, 1.165) is 27.5 Å². The van der Waals surface area contributed by atoms with Crippen molar-refractivity contribution in [2.45, 2.75) is 6.54 Å². The number of hydrogen-bond donors (Lipinski definition) is 2. The molecular weight excluding hydrogens is 314 g/mol. The number of carbonyl (C=O) groups is 1. The van der Waals surface area contributed by atoms with E-state index >= 15 is 0 Å². The molecule has 0 radical (unpaired) electrons. The third kappa shape index (κ3) is 2.90. The third-order valence-electron chi connectivity index (χ3n) is 4.38. The number of hydrogen-bond acceptors (Lipinski definition) is 2. The third-order valence-corrected chi connectivity index (χ3v) is 4.38. The summed E-state index contributed by atoms with van der Waals surface area (Å²) in [5.41, 5.74) is 3.47. The van der Waals surface area contributed by atoms with Gasteiger partial charge in [-0.3, -0.25) is 4.79 Å². The van der Waals surface area contributed by atoms with Gasteiger partial charge in [0.1, 0.15) is 0 Å². The summed E-state index contributed by atoms with van der Waals surface area (Å²) in [5.74, 6) is -0.113. The Morgan fingerprint density at radius 1 is 1.20 bits per heavy atom. The number of fused-ring (bicyclic) bond motifs is 2. The summed E-state index contributed by atoms with van der Waals surface area (Å²) in [5, 5.41) is 5.06. The molecule has 0 aliphatic rings. The van der Waals surface area contributed by atoms with Crippen LogP contribution in [0.4, 0.5) is 5.69 Å². The van der Waals surface area contributed by atoms with Crippen LogP contribution in [0.5, 0.6) is 0 Å². The van der Waals surface area contributed by atoms with Crippen LogP contribution in [0.15, 0.2) is 60.9 Å². The number of nitrogens with one attached hydrogen (secondary N) is 2. The average molecular weight is 333 g/mol. The van der Waals surface area contributed by atoms with Crippen molar-refractivity contribution in [3.8, 4) is 0 Å². The molecule has 0 saturated carbocycles. The van der Waals surface area contributed by atoms with E-state index in [0.29, 0.717) is 18.7 Å². The molecule has 5 heteroatoms. The molecule has 0 aliphatic heterocycles. The summed E-state index contributed by atoms with van der Waals surface area (Å²) in [6.45, 7) is 1.31. The monoisotopic (exact) mass is 333 g/mol. The number of anilines is 1. The summed E-state index contributed by atoms with van der Waals surface area (Å²) >= 11 is 0. The minimum atomic E-state index is -0.113. The molecule has 4 rings (SSSR count). The second-order valence-corrected chi connectivity index (χ2v) is 5.98. The average Bonchev–Trinajstić information content (AvgIpc) is 3.24. The van der Waals surface area contributed by atoms with Crippen molar-refractivity contribution in [1.29, 1.82) is 0 Å². The number of methoxy groups -OCH3 is 1. The Morgan fingerprint density at radius 3 is 2.96 bits per heavy atom. The molecule has 5 nitrogen and oxygen atoms in total. The number of benzene rings is 2. The normalized spacial score (nSPS) is 11.2. The van der Waals surface area contributed by atoms with Crippen molar-refractivity contribution >= 4 is 33.4 Å². The Balaban J connectivity index is 1.67. The number of aromatic nitrogens is 2. The number of carbonyl (C=O) groups excluding carboxylic acids is 1. The van der Waals surface area contributed by atoms with Crippen molar-refractivity contribution in [1.82, 2.24) is 9.55 Å². The van der Waals surface area contributed by atoms with Gasteiger partial charge in [-0.15, -0.1) is 0 Å². The van der Waals surface area contributed by atoms with E-state index in [1.54, 1.807) is 7.11 Å². The van der Waals surface area contributed by atoms with Crippen LogP contribution in [0.1, 0.15) is 10.4 Å². The molecular formula is C20H19N3O2. The highest BCUT2D eigenvalue weighted by Gasteiger charge is 2.15. The lowest BCUT2D eigenvalue weighted by Crippen LogP contribution is -2.11. The molecule has 0 unspecified atom stereocenters. The number of rotatable bonds is 5. The first-order valence-corrected chi connectivity index (χ1v) is 8.21. The fraction of sp³-hybridized carbons (Fsp3) is 0.150. The van der Waals surface area contributed by atoms with Gasteiger partial charge in [0, 0.05) is 48.2 Å². The van der Waals surface area contributed by atoms with Crippen molar-refractivity contribution in [3.05, 3.63) is 66.5 Å². The first-order valence-electron chi connectivity index (χ1n) is 8.21. The summed E-state index contributed by atoms with van der Waals surface area (Å²) in [6, 6.07) is 15.8. The van der Waals surface area contributed by atoms with Crippen molar-refractivity contribution in [2.75, 3.05) is 19.0 Å². The lowest BCUT2D eigenvalue weighted by molar-refractivity contribution is 0.102. The Kier molecular flexibility index (Phi) is 3.99. The molecule has 0 bridgehead atoms. The van der Waals surface area contributed by atoms with Crippen LogP contribution in [0.25, 0.3) is 21.8 Å². The lowest BCUT2D eigenvalue weighted by atomic mass is 10.1. The van der Waals surface area contributed by atoms with E-state index in [2.05, 4.69) is 14.9 Å². The van der Waals surface area contributed by atoms with E-state index in [9.17, 15) is 4.79 Å². The first-order chi connectivity index (χ1) is 12.3. The molecule has 2 aromatic carbocycles. The molecule has 0 saturated heterocycles. The lowest BCUT2D eigenvalue weighted by Gasteiger charge is -2.04. The molecule has 2 N–H and O–H groups in total. The number of H-pyrrole nitrogens is 1. The van der Waals surface area contributed by atoms with E-state index in [-0.39, 0.29) is 5.91 Å². The van der Waals surface area contributed by atoms with Gasteiger partial charge in [0.25, 0.3) is 5.91 Å². The molecule has 1 amide bonds. The Bertz CT molecular complexity index is 1050. The van der Waals surface area contributed by atoms with Gasteiger partial charge in [0.15, 0.2) is 0 Å². The fourth-order valence-corrected chi connectivity index (χ4v) is 3.13. The second kappa shape index (κ2) is 6.45. The topological polar surface area (TPSA) is 59.0 Å². The maximum atomic E-state index is 12.8. The Morgan fingerprint density at radius 2 is 2.08 bits per heavy atom. The number of nitrogens with zero attached hydrogens (tertiary/aromatic N) is 1. The minimum Gasteiger partial charge on any atom is -0.383 e. The molecule has 4 aromatic rings. The fourth-order valence-electron chi connectivity index (χ4n) is 3.13. The Hall–Kier alpha value is -3.05. The molecule has 126 valence electrons. The van der Waals surface area contributed by atoms with E-state index < -0.39 is 0 Å². The van der Waals surface area contributed by atoms with Gasteiger partial charge in [-0.25, -0.2) is 0 Å². The molecule has 2 aromatic heterocycles. The predicted molar refractivity (Wildman–Crippen MR) is 100 cm³/mol. The number of ether oxygens (including phenoxy) is 1. The van der Waals surface area contributed by atoms with Crippen LogP contribution >= 0.6 is 0 Å². The zero-order valence-electron chi connectivity index (χ0n) is 14.0. The second-order valence-electron chi connectivity index (χ2n) is 5.98. The van der Waals surface area contributed by atoms with Gasteiger partial charge in [0.05, 0.1) is 12.2 Å². The minimum absolute atomic E-state index is 0.113. The quantitative estimate of drug-likeness (QED) is 0.579. The van der Waals surface area contributed by atoms with E-state index in [1.165, 1.54) is 0 Å². The molecule has 25 heavy (non-hydrogen) atoms. The highest BCUT2D eigenvalue weighted by atomic mass is 16.5. The molecule has 2 heterocycles.